The summed E-state index contributed by atoms with van der Waals surface area (Å²) < 4.78 is 13.4. The van der Waals surface area contributed by atoms with Crippen molar-refractivity contribution in [3.05, 3.63) is 53.9 Å². The summed E-state index contributed by atoms with van der Waals surface area (Å²) in [5.74, 6) is 0.826. The lowest BCUT2D eigenvalue weighted by Gasteiger charge is -2.05. The molecule has 2 aromatic heterocycles. The molecular formula is C16H11N5O2S. The van der Waals surface area contributed by atoms with Crippen LogP contribution in [0.2, 0.25) is 0 Å². The van der Waals surface area contributed by atoms with Crippen LogP contribution in [-0.4, -0.2) is 24.8 Å². The predicted molar refractivity (Wildman–Crippen MR) is 89.8 cm³/mol. The maximum absolute atomic E-state index is 12.3. The van der Waals surface area contributed by atoms with Crippen molar-refractivity contribution in [3.8, 4) is 11.5 Å². The maximum Gasteiger partial charge on any atom is 0.257 e. The number of anilines is 1. The van der Waals surface area contributed by atoms with Gasteiger partial charge in [-0.1, -0.05) is 5.16 Å². The molecule has 1 amide bonds. The first-order chi connectivity index (χ1) is 11.7. The van der Waals surface area contributed by atoms with Crippen LogP contribution >= 0.6 is 11.7 Å². The third kappa shape index (κ3) is 2.74. The third-order valence-electron chi connectivity index (χ3n) is 3.43. The van der Waals surface area contributed by atoms with Crippen molar-refractivity contribution in [3.63, 3.8) is 0 Å². The summed E-state index contributed by atoms with van der Waals surface area (Å²) in [5, 5.41) is 6.61. The highest BCUT2D eigenvalue weighted by Crippen LogP contribution is 2.20. The van der Waals surface area contributed by atoms with Gasteiger partial charge in [0.15, 0.2) is 5.82 Å². The number of carbonyl (C=O) groups is 1. The zero-order chi connectivity index (χ0) is 16.5. The molecule has 0 aliphatic carbocycles. The van der Waals surface area contributed by atoms with Gasteiger partial charge in [-0.3, -0.25) is 4.79 Å². The van der Waals surface area contributed by atoms with E-state index >= 15 is 0 Å². The Labute approximate surface area is 140 Å². The monoisotopic (exact) mass is 337 g/mol. The van der Waals surface area contributed by atoms with Crippen LogP contribution in [0.25, 0.3) is 22.5 Å². The number of aromatic nitrogens is 4. The summed E-state index contributed by atoms with van der Waals surface area (Å²) in [6.45, 7) is 1.76. The molecule has 2 heterocycles. The van der Waals surface area contributed by atoms with Gasteiger partial charge in [0.25, 0.3) is 11.8 Å². The quantitative estimate of drug-likeness (QED) is 0.616. The van der Waals surface area contributed by atoms with Crippen LogP contribution in [-0.2, 0) is 0 Å². The van der Waals surface area contributed by atoms with Crippen LogP contribution in [0, 0.1) is 6.92 Å². The SMILES string of the molecule is Cc1noc(-c2ccc(NC(=O)c3ccc4nsnc4c3)cc2)n1. The standard InChI is InChI=1S/C16H11N5O2S/c1-9-17-16(23-19-9)10-2-5-12(6-3-10)18-15(22)11-4-7-13-14(8-11)21-24-20-13/h2-8H,1H3,(H,18,22). The average molecular weight is 337 g/mol. The van der Waals surface area contributed by atoms with Crippen molar-refractivity contribution in [2.75, 3.05) is 5.32 Å². The van der Waals surface area contributed by atoms with E-state index in [0.29, 0.717) is 23.0 Å². The molecule has 0 aliphatic heterocycles. The van der Waals surface area contributed by atoms with E-state index in [1.807, 2.05) is 12.1 Å². The van der Waals surface area contributed by atoms with Crippen LogP contribution in [0.15, 0.2) is 47.0 Å². The zero-order valence-electron chi connectivity index (χ0n) is 12.6. The van der Waals surface area contributed by atoms with Crippen LogP contribution in [0.5, 0.6) is 0 Å². The van der Waals surface area contributed by atoms with Crippen LogP contribution < -0.4 is 5.32 Å². The lowest BCUT2D eigenvalue weighted by atomic mass is 10.1. The lowest BCUT2D eigenvalue weighted by molar-refractivity contribution is 0.102. The van der Waals surface area contributed by atoms with E-state index < -0.39 is 0 Å². The highest BCUT2D eigenvalue weighted by Gasteiger charge is 2.10. The first kappa shape index (κ1) is 14.5. The first-order valence-corrected chi connectivity index (χ1v) is 7.86. The van der Waals surface area contributed by atoms with Crippen molar-refractivity contribution >= 4 is 34.4 Å². The fraction of sp³-hybridized carbons (Fsp3) is 0.0625. The smallest absolute Gasteiger partial charge is 0.257 e. The summed E-state index contributed by atoms with van der Waals surface area (Å²) in [6.07, 6.45) is 0. The van der Waals surface area contributed by atoms with E-state index in [0.717, 1.165) is 28.3 Å². The van der Waals surface area contributed by atoms with Crippen LogP contribution in [0.1, 0.15) is 16.2 Å². The zero-order valence-corrected chi connectivity index (χ0v) is 13.4. The Kier molecular flexibility index (Phi) is 3.51. The van der Waals surface area contributed by atoms with Crippen LogP contribution in [0.4, 0.5) is 5.69 Å². The minimum atomic E-state index is -0.203. The Hall–Kier alpha value is -3.13. The van der Waals surface area contributed by atoms with Gasteiger partial charge in [-0.2, -0.15) is 13.7 Å². The van der Waals surface area contributed by atoms with E-state index in [2.05, 4.69) is 24.2 Å². The number of hydrogen-bond acceptors (Lipinski definition) is 7. The molecule has 0 saturated carbocycles. The van der Waals surface area contributed by atoms with Gasteiger partial charge in [-0.15, -0.1) is 0 Å². The van der Waals surface area contributed by atoms with E-state index in [1.165, 1.54) is 0 Å². The Bertz CT molecular complexity index is 1020. The Morgan fingerprint density at radius 2 is 1.88 bits per heavy atom. The number of nitrogens with one attached hydrogen (secondary N) is 1. The van der Waals surface area contributed by atoms with E-state index in [4.69, 9.17) is 4.52 Å². The highest BCUT2D eigenvalue weighted by molar-refractivity contribution is 7.00. The van der Waals surface area contributed by atoms with Crippen molar-refractivity contribution in [2.24, 2.45) is 0 Å². The Balaban J connectivity index is 1.53. The number of aryl methyl sites for hydroxylation is 1. The fourth-order valence-corrected chi connectivity index (χ4v) is 2.75. The van der Waals surface area contributed by atoms with Crippen molar-refractivity contribution in [1.29, 1.82) is 0 Å². The molecule has 0 radical (unpaired) electrons. The Morgan fingerprint density at radius 3 is 2.62 bits per heavy atom. The van der Waals surface area contributed by atoms with Crippen LogP contribution in [0.3, 0.4) is 0 Å². The van der Waals surface area contributed by atoms with Gasteiger partial charge in [0.05, 0.1) is 11.7 Å². The van der Waals surface area contributed by atoms with Gasteiger partial charge in [-0.25, -0.2) is 0 Å². The molecule has 0 aliphatic rings. The molecule has 1 N–H and O–H groups in total. The summed E-state index contributed by atoms with van der Waals surface area (Å²) in [6, 6.07) is 12.4. The largest absolute Gasteiger partial charge is 0.334 e. The predicted octanol–water partition coefficient (Wildman–Crippen LogP) is 3.30. The van der Waals surface area contributed by atoms with Gasteiger partial charge in [0.2, 0.25) is 0 Å². The molecule has 0 spiro atoms. The van der Waals surface area contributed by atoms with Gasteiger partial charge in [-0.05, 0) is 49.4 Å². The lowest BCUT2D eigenvalue weighted by Crippen LogP contribution is -2.11. The molecule has 0 atom stereocenters. The number of fused-ring (bicyclic) bond motifs is 1. The molecule has 7 nitrogen and oxygen atoms in total. The van der Waals surface area contributed by atoms with Crippen molar-refractivity contribution in [1.82, 2.24) is 18.9 Å². The van der Waals surface area contributed by atoms with Gasteiger partial charge >= 0.3 is 0 Å². The minimum Gasteiger partial charge on any atom is -0.334 e. The second-order valence-electron chi connectivity index (χ2n) is 5.15. The topological polar surface area (TPSA) is 93.8 Å². The van der Waals surface area contributed by atoms with Gasteiger partial charge < -0.3 is 9.84 Å². The Morgan fingerprint density at radius 1 is 1.08 bits per heavy atom. The summed E-state index contributed by atoms with van der Waals surface area (Å²) >= 11 is 1.13. The number of hydrogen-bond donors (Lipinski definition) is 1. The third-order valence-corrected chi connectivity index (χ3v) is 3.99. The minimum absolute atomic E-state index is 0.203. The molecule has 2 aromatic carbocycles. The number of amides is 1. The second-order valence-corrected chi connectivity index (χ2v) is 5.67. The van der Waals surface area contributed by atoms with Crippen molar-refractivity contribution < 1.29 is 9.32 Å². The summed E-state index contributed by atoms with van der Waals surface area (Å²) in [4.78, 5) is 16.5. The number of carbonyl (C=O) groups excluding carboxylic acids is 1. The first-order valence-electron chi connectivity index (χ1n) is 7.13. The molecule has 24 heavy (non-hydrogen) atoms. The molecule has 0 bridgehead atoms. The fourth-order valence-electron chi connectivity index (χ4n) is 2.24. The van der Waals surface area contributed by atoms with Gasteiger partial charge in [0, 0.05) is 16.8 Å². The van der Waals surface area contributed by atoms with E-state index in [9.17, 15) is 4.79 Å². The molecule has 8 heteroatoms. The molecule has 0 fully saturated rings. The molecule has 4 rings (SSSR count). The van der Waals surface area contributed by atoms with E-state index in [-0.39, 0.29) is 5.91 Å². The van der Waals surface area contributed by atoms with E-state index in [1.54, 1.807) is 37.3 Å². The second kappa shape index (κ2) is 5.82. The molecule has 0 unspecified atom stereocenters. The number of nitrogens with zero attached hydrogens (tertiary/aromatic N) is 4. The summed E-state index contributed by atoms with van der Waals surface area (Å²) in [7, 11) is 0. The number of benzene rings is 2. The molecule has 0 saturated heterocycles. The molecule has 118 valence electrons. The molecule has 4 aromatic rings. The van der Waals surface area contributed by atoms with Gasteiger partial charge in [0.1, 0.15) is 11.0 Å². The number of rotatable bonds is 3. The average Bonchev–Trinajstić information content (AvgIpc) is 3.23. The normalized spacial score (nSPS) is 10.9. The maximum atomic E-state index is 12.3. The summed E-state index contributed by atoms with van der Waals surface area (Å²) in [5.41, 5.74) is 3.51. The molecular weight excluding hydrogens is 326 g/mol. The van der Waals surface area contributed by atoms with Crippen molar-refractivity contribution in [2.45, 2.75) is 6.92 Å². The highest BCUT2D eigenvalue weighted by atomic mass is 32.1.